The molecule has 14 heteroatoms. The summed E-state index contributed by atoms with van der Waals surface area (Å²) in [6.07, 6.45) is 1.98. The maximum atomic E-state index is 14.0. The van der Waals surface area contributed by atoms with Crippen molar-refractivity contribution in [2.24, 2.45) is 5.92 Å². The Morgan fingerprint density at radius 2 is 1.92 bits per heavy atom. The fourth-order valence-electron chi connectivity index (χ4n) is 6.47. The zero-order valence-electron chi connectivity index (χ0n) is 29.4. The van der Waals surface area contributed by atoms with Crippen molar-refractivity contribution in [1.29, 1.82) is 0 Å². The number of hydrogen-bond donors (Lipinski definition) is 1. The molecule has 0 spiro atoms. The molecule has 2 saturated heterocycles. The maximum Gasteiger partial charge on any atom is 0.328 e. The Morgan fingerprint density at radius 3 is 2.53 bits per heavy atom. The fraction of sp³-hybridized carbons (Fsp3) is 0.571. The summed E-state index contributed by atoms with van der Waals surface area (Å²) in [7, 11) is 5.95. The Bertz CT molecular complexity index is 1500. The second-order valence-electron chi connectivity index (χ2n) is 13.2. The Hall–Kier alpha value is -2.48. The van der Waals surface area contributed by atoms with Gasteiger partial charge in [0, 0.05) is 66.3 Å². The molecule has 3 aliphatic heterocycles. The van der Waals surface area contributed by atoms with Crippen LogP contribution in [0.4, 0.5) is 5.69 Å². The molecule has 4 rings (SSSR count). The van der Waals surface area contributed by atoms with E-state index >= 15 is 0 Å². The third-order valence-electron chi connectivity index (χ3n) is 9.78. The minimum atomic E-state index is -1.57. The number of halogens is 1. The number of benzene rings is 1. The minimum absolute atomic E-state index is 0. The number of methoxy groups -OCH3 is 2. The van der Waals surface area contributed by atoms with Crippen molar-refractivity contribution in [3.05, 3.63) is 53.4 Å². The molecule has 3 aliphatic rings. The van der Waals surface area contributed by atoms with Gasteiger partial charge in [-0.3, -0.25) is 9.59 Å². The fourth-order valence-corrected chi connectivity index (χ4v) is 6.78. The number of rotatable bonds is 5. The molecule has 0 saturated carbocycles. The van der Waals surface area contributed by atoms with Crippen LogP contribution in [0.25, 0.3) is 0 Å². The molecule has 2 amide bonds. The number of esters is 2. The van der Waals surface area contributed by atoms with Crippen molar-refractivity contribution < 1.29 is 80.7 Å². The number of fused-ring (bicyclic) bond motifs is 5. The summed E-state index contributed by atoms with van der Waals surface area (Å²) >= 11 is 6.71. The van der Waals surface area contributed by atoms with E-state index in [4.69, 9.17) is 35.3 Å². The zero-order valence-corrected chi connectivity index (χ0v) is 33.0. The number of ether oxygens (including phenoxy) is 5. The third kappa shape index (κ3) is 8.88. The maximum absolute atomic E-state index is 14.0. The average molecular weight is 779 g/mol. The Morgan fingerprint density at radius 1 is 1.24 bits per heavy atom. The smallest absolute Gasteiger partial charge is 0.328 e. The SMILES string of the molecule is [CH2-]C(=O)N(C)[C@@H](C)C(=O)O[C@H]1CC(=O)N(C)c2cc(cc(OC)c2Cl)C/C(C)=C/C=C/[C@@H](OC)[C@]2(O)CC(=O)O[C@@H](C2)[C@@H](C)[C@@H]2O[C@@]12C.[Y]. The number of allylic oxidation sites excluding steroid dienone is 3. The number of anilines is 1. The van der Waals surface area contributed by atoms with Gasteiger partial charge in [-0.2, -0.15) is 0 Å². The monoisotopic (exact) mass is 778 g/mol. The molecular weight excluding hydrogens is 733 g/mol. The van der Waals surface area contributed by atoms with Crippen LogP contribution in [-0.4, -0.2) is 104 Å². The summed E-state index contributed by atoms with van der Waals surface area (Å²) in [6, 6.07) is 2.58. The van der Waals surface area contributed by atoms with Crippen molar-refractivity contribution in [3.8, 4) is 5.75 Å². The second-order valence-corrected chi connectivity index (χ2v) is 13.6. The number of hydrogen-bond acceptors (Lipinski definition) is 10. The van der Waals surface area contributed by atoms with Crippen molar-refractivity contribution >= 4 is 41.0 Å². The number of carbonyl (C=O) groups excluding carboxylic acids is 4. The van der Waals surface area contributed by atoms with E-state index in [1.807, 2.05) is 19.9 Å². The molecule has 267 valence electrons. The van der Waals surface area contributed by atoms with E-state index in [0.717, 1.165) is 16.0 Å². The number of likely N-dealkylation sites (N-methyl/N-ethyl adjacent to an activating group) is 1. The first-order valence-electron chi connectivity index (χ1n) is 15.8. The summed E-state index contributed by atoms with van der Waals surface area (Å²) in [6.45, 7) is 10.3. The van der Waals surface area contributed by atoms with Gasteiger partial charge in [0.2, 0.25) is 5.91 Å². The van der Waals surface area contributed by atoms with Gasteiger partial charge in [-0.1, -0.05) is 42.3 Å². The zero-order chi connectivity index (χ0) is 35.7. The van der Waals surface area contributed by atoms with Gasteiger partial charge in [-0.25, -0.2) is 4.79 Å². The summed E-state index contributed by atoms with van der Waals surface area (Å²) in [5.41, 5.74) is -0.600. The van der Waals surface area contributed by atoms with Crippen LogP contribution in [0.3, 0.4) is 0 Å². The topological polar surface area (TPSA) is 144 Å². The van der Waals surface area contributed by atoms with Gasteiger partial charge in [-0.15, -0.1) is 0 Å². The number of amides is 2. The molecule has 49 heavy (non-hydrogen) atoms. The average Bonchev–Trinajstić information content (AvgIpc) is 3.73. The summed E-state index contributed by atoms with van der Waals surface area (Å²) in [4.78, 5) is 54.6. The molecule has 3 heterocycles. The second kappa shape index (κ2) is 16.2. The number of nitrogens with zero attached hydrogens (tertiary/aromatic N) is 2. The van der Waals surface area contributed by atoms with Crippen molar-refractivity contribution in [3.63, 3.8) is 0 Å². The van der Waals surface area contributed by atoms with Crippen LogP contribution < -0.4 is 9.64 Å². The van der Waals surface area contributed by atoms with Gasteiger partial charge in [0.15, 0.2) is 0 Å². The standard InChI is InChI=1S/C35H46ClN2O10.Y/c1-19-11-10-12-27(45-9)35(43)17-26(46-30(41)18-35)20(2)32-34(5,48-32)28(47-33(42)21(3)37(6)22(4)39)16-29(40)38(7)24-14-23(13-19)15-25(44-8)31(24)36;/h10-12,14-15,20-21,26-28,32,43H,4,13,16-18H2,1-3,5-9H3;/q-1;/b12-10+,19-11+;/t20-,21+,26+,27-,28+,32+,34+,35-;/m1./s1. The van der Waals surface area contributed by atoms with Gasteiger partial charge in [0.05, 0.1) is 37.6 Å². The molecule has 1 radical (unpaired) electrons. The number of aliphatic hydroxyl groups is 1. The van der Waals surface area contributed by atoms with Crippen LogP contribution in [0.1, 0.15) is 52.5 Å². The van der Waals surface area contributed by atoms with Crippen LogP contribution >= 0.6 is 11.6 Å². The molecule has 4 bridgehead atoms. The van der Waals surface area contributed by atoms with Crippen LogP contribution in [0, 0.1) is 12.8 Å². The molecule has 0 unspecified atom stereocenters. The van der Waals surface area contributed by atoms with Crippen LogP contribution in [0.5, 0.6) is 5.75 Å². The summed E-state index contributed by atoms with van der Waals surface area (Å²) < 4.78 is 29.1. The molecule has 8 atom stereocenters. The summed E-state index contributed by atoms with van der Waals surface area (Å²) in [5.74, 6) is -2.46. The van der Waals surface area contributed by atoms with E-state index in [0.29, 0.717) is 17.9 Å². The van der Waals surface area contributed by atoms with Gasteiger partial charge in [0.25, 0.3) is 0 Å². The normalized spacial score (nSPS) is 32.7. The van der Waals surface area contributed by atoms with Gasteiger partial charge in [-0.05, 0) is 44.9 Å². The van der Waals surface area contributed by atoms with E-state index in [9.17, 15) is 24.3 Å². The predicted octanol–water partition coefficient (Wildman–Crippen LogP) is 3.60. The molecule has 12 nitrogen and oxygen atoms in total. The summed E-state index contributed by atoms with van der Waals surface area (Å²) in [5, 5.41) is 12.0. The minimum Gasteiger partial charge on any atom is -0.495 e. The van der Waals surface area contributed by atoms with Gasteiger partial charge >= 0.3 is 11.9 Å². The van der Waals surface area contributed by atoms with Crippen molar-refractivity contribution in [1.82, 2.24) is 4.90 Å². The van der Waals surface area contributed by atoms with E-state index in [1.165, 1.54) is 33.1 Å². The first kappa shape index (κ1) is 40.9. The first-order chi connectivity index (χ1) is 22.4. The number of epoxide rings is 1. The predicted molar refractivity (Wildman–Crippen MR) is 177 cm³/mol. The largest absolute Gasteiger partial charge is 0.495 e. The number of carbonyl (C=O) groups is 4. The van der Waals surface area contributed by atoms with Gasteiger partial charge in [0.1, 0.15) is 46.3 Å². The van der Waals surface area contributed by atoms with E-state index in [1.54, 1.807) is 38.3 Å². The van der Waals surface area contributed by atoms with Gasteiger partial charge < -0.3 is 50.3 Å². The first-order valence-corrected chi connectivity index (χ1v) is 16.2. The third-order valence-corrected chi connectivity index (χ3v) is 10.2. The molecule has 0 aliphatic carbocycles. The van der Waals surface area contributed by atoms with E-state index in [2.05, 4.69) is 6.92 Å². The van der Waals surface area contributed by atoms with E-state index in [-0.39, 0.29) is 57.0 Å². The van der Waals surface area contributed by atoms with Crippen molar-refractivity contribution in [2.45, 2.75) is 95.0 Å². The molecule has 0 aromatic heterocycles. The Labute approximate surface area is 318 Å². The molecule has 2 fully saturated rings. The Kier molecular flexibility index (Phi) is 13.6. The molecule has 1 aromatic rings. The quantitative estimate of drug-likeness (QED) is 0.268. The van der Waals surface area contributed by atoms with Crippen LogP contribution in [0.15, 0.2) is 35.9 Å². The molecular formula is C35H46ClN2O10Y-. The van der Waals surface area contributed by atoms with Crippen LogP contribution in [0.2, 0.25) is 5.02 Å². The van der Waals surface area contributed by atoms with E-state index < -0.39 is 71.3 Å². The Balaban J connectivity index is 0.00000650. The molecule has 1 N–H and O–H groups in total. The van der Waals surface area contributed by atoms with Crippen molar-refractivity contribution in [2.75, 3.05) is 33.2 Å². The molecule has 1 aromatic carbocycles. The van der Waals surface area contributed by atoms with Crippen LogP contribution in [-0.2, 0) is 77.3 Å².